The Morgan fingerprint density at radius 2 is 1.50 bits per heavy atom. The number of esters is 1. The Hall–Kier alpha value is -2.68. The molecule has 1 atom stereocenters. The number of methoxy groups -OCH3 is 1. The smallest absolute Gasteiger partial charge is 0.317 e. The maximum atomic E-state index is 12.3. The van der Waals surface area contributed by atoms with E-state index in [9.17, 15) is 9.59 Å². The van der Waals surface area contributed by atoms with Crippen LogP contribution >= 0.6 is 0 Å². The van der Waals surface area contributed by atoms with Gasteiger partial charge in [-0.1, -0.05) is 60.7 Å². The van der Waals surface area contributed by atoms with Crippen LogP contribution in [0.5, 0.6) is 0 Å². The average molecular weight is 294 g/mol. The molecule has 3 heteroatoms. The summed E-state index contributed by atoms with van der Waals surface area (Å²) in [5.74, 6) is -1.12. The number of allylic oxidation sites excluding steroid dienone is 1. The van der Waals surface area contributed by atoms with Crippen molar-refractivity contribution >= 4 is 17.3 Å². The van der Waals surface area contributed by atoms with E-state index in [1.807, 2.05) is 60.7 Å². The minimum absolute atomic E-state index is 0.108. The van der Waals surface area contributed by atoms with Gasteiger partial charge in [0, 0.05) is 0 Å². The second kappa shape index (κ2) is 7.36. The van der Waals surface area contributed by atoms with E-state index in [1.54, 1.807) is 0 Å². The van der Waals surface area contributed by atoms with Crippen LogP contribution in [0.1, 0.15) is 24.0 Å². The van der Waals surface area contributed by atoms with E-state index in [1.165, 1.54) is 20.1 Å². The van der Waals surface area contributed by atoms with Gasteiger partial charge in [-0.25, -0.2) is 0 Å². The second-order valence-corrected chi connectivity index (χ2v) is 4.94. The van der Waals surface area contributed by atoms with Gasteiger partial charge in [0.2, 0.25) is 0 Å². The Bertz CT molecular complexity index is 672. The second-order valence-electron chi connectivity index (χ2n) is 4.94. The molecule has 22 heavy (non-hydrogen) atoms. The van der Waals surface area contributed by atoms with Crippen LogP contribution in [0.25, 0.3) is 5.57 Å². The maximum Gasteiger partial charge on any atom is 0.317 e. The monoisotopic (exact) mass is 294 g/mol. The van der Waals surface area contributed by atoms with Crippen LogP contribution < -0.4 is 0 Å². The first-order chi connectivity index (χ1) is 10.6. The van der Waals surface area contributed by atoms with E-state index in [2.05, 4.69) is 0 Å². The van der Waals surface area contributed by atoms with Crippen LogP contribution in [0.2, 0.25) is 0 Å². The molecule has 0 aromatic heterocycles. The molecule has 0 fully saturated rings. The summed E-state index contributed by atoms with van der Waals surface area (Å²) in [5, 5.41) is 0. The van der Waals surface area contributed by atoms with Crippen molar-refractivity contribution in [3.05, 3.63) is 77.9 Å². The van der Waals surface area contributed by atoms with Crippen molar-refractivity contribution in [1.29, 1.82) is 0 Å². The Morgan fingerprint density at radius 1 is 0.955 bits per heavy atom. The number of hydrogen-bond donors (Lipinski definition) is 0. The van der Waals surface area contributed by atoms with Gasteiger partial charge in [-0.05, 0) is 29.7 Å². The highest BCUT2D eigenvalue weighted by molar-refractivity contribution is 6.02. The Labute approximate surface area is 130 Å². The maximum absolute atomic E-state index is 12.3. The van der Waals surface area contributed by atoms with Crippen molar-refractivity contribution in [2.75, 3.05) is 7.11 Å². The molecule has 0 spiro atoms. The van der Waals surface area contributed by atoms with Gasteiger partial charge in [-0.15, -0.1) is 0 Å². The van der Waals surface area contributed by atoms with Gasteiger partial charge in [0.05, 0.1) is 7.11 Å². The summed E-state index contributed by atoms with van der Waals surface area (Å²) < 4.78 is 4.96. The van der Waals surface area contributed by atoms with Crippen molar-refractivity contribution in [2.24, 2.45) is 0 Å². The molecule has 0 saturated carbocycles. The SMILES string of the molecule is COC(=O)C(/C(=C/C(C)=O)c1ccccc1)c1ccccc1. The molecule has 0 bridgehead atoms. The molecule has 112 valence electrons. The lowest BCUT2D eigenvalue weighted by molar-refractivity contribution is -0.140. The molecule has 0 amide bonds. The van der Waals surface area contributed by atoms with Gasteiger partial charge in [0.15, 0.2) is 5.78 Å². The van der Waals surface area contributed by atoms with E-state index in [0.29, 0.717) is 5.57 Å². The Morgan fingerprint density at radius 3 is 2.00 bits per heavy atom. The molecule has 2 aromatic carbocycles. The molecule has 0 aliphatic heterocycles. The molecule has 0 N–H and O–H groups in total. The topological polar surface area (TPSA) is 43.4 Å². The normalized spacial score (nSPS) is 12.5. The molecule has 2 aromatic rings. The molecular weight excluding hydrogens is 276 g/mol. The number of carbonyl (C=O) groups is 2. The van der Waals surface area contributed by atoms with Crippen LogP contribution in [0.15, 0.2) is 66.7 Å². The first-order valence-electron chi connectivity index (χ1n) is 7.04. The summed E-state index contributed by atoms with van der Waals surface area (Å²) in [4.78, 5) is 24.0. The quantitative estimate of drug-likeness (QED) is 0.625. The molecule has 1 unspecified atom stereocenters. The molecule has 0 heterocycles. The Kier molecular flexibility index (Phi) is 5.26. The van der Waals surface area contributed by atoms with E-state index in [-0.39, 0.29) is 11.8 Å². The number of ether oxygens (including phenoxy) is 1. The van der Waals surface area contributed by atoms with Crippen molar-refractivity contribution in [1.82, 2.24) is 0 Å². The summed E-state index contributed by atoms with van der Waals surface area (Å²) in [6.07, 6.45) is 1.50. The Balaban J connectivity index is 2.59. The van der Waals surface area contributed by atoms with E-state index >= 15 is 0 Å². The number of ketones is 1. The minimum atomic E-state index is -0.627. The number of rotatable bonds is 5. The van der Waals surface area contributed by atoms with Crippen molar-refractivity contribution < 1.29 is 14.3 Å². The first kappa shape index (κ1) is 15.7. The molecule has 0 aliphatic rings. The summed E-state index contributed by atoms with van der Waals surface area (Å²) in [5.41, 5.74) is 2.27. The van der Waals surface area contributed by atoms with Gasteiger partial charge in [0.1, 0.15) is 5.92 Å². The summed E-state index contributed by atoms with van der Waals surface area (Å²) in [6, 6.07) is 18.7. The van der Waals surface area contributed by atoms with E-state index in [0.717, 1.165) is 11.1 Å². The van der Waals surface area contributed by atoms with Gasteiger partial charge >= 0.3 is 5.97 Å². The van der Waals surface area contributed by atoms with Crippen LogP contribution in [0.4, 0.5) is 0 Å². The van der Waals surface area contributed by atoms with E-state index in [4.69, 9.17) is 4.74 Å². The van der Waals surface area contributed by atoms with Gasteiger partial charge in [-0.2, -0.15) is 0 Å². The molecule has 0 saturated heterocycles. The zero-order valence-electron chi connectivity index (χ0n) is 12.7. The highest BCUT2D eigenvalue weighted by Gasteiger charge is 2.27. The first-order valence-corrected chi connectivity index (χ1v) is 7.04. The van der Waals surface area contributed by atoms with Crippen LogP contribution in [0.3, 0.4) is 0 Å². The van der Waals surface area contributed by atoms with Gasteiger partial charge in [-0.3, -0.25) is 9.59 Å². The van der Waals surface area contributed by atoms with Gasteiger partial charge < -0.3 is 4.74 Å². The fourth-order valence-electron chi connectivity index (χ4n) is 2.39. The third-order valence-electron chi connectivity index (χ3n) is 3.35. The van der Waals surface area contributed by atoms with Crippen molar-refractivity contribution in [2.45, 2.75) is 12.8 Å². The summed E-state index contributed by atoms with van der Waals surface area (Å²) in [7, 11) is 1.36. The highest BCUT2D eigenvalue weighted by atomic mass is 16.5. The third-order valence-corrected chi connectivity index (χ3v) is 3.35. The van der Waals surface area contributed by atoms with Crippen molar-refractivity contribution in [3.8, 4) is 0 Å². The lowest BCUT2D eigenvalue weighted by atomic mass is 9.86. The fraction of sp³-hybridized carbons (Fsp3) is 0.158. The van der Waals surface area contributed by atoms with Crippen LogP contribution in [0, 0.1) is 0 Å². The van der Waals surface area contributed by atoms with Crippen molar-refractivity contribution in [3.63, 3.8) is 0 Å². The van der Waals surface area contributed by atoms with E-state index < -0.39 is 5.92 Å². The molecule has 0 aliphatic carbocycles. The predicted octanol–water partition coefficient (Wildman–Crippen LogP) is 3.62. The third kappa shape index (κ3) is 3.70. The number of carbonyl (C=O) groups excluding carboxylic acids is 2. The molecule has 2 rings (SSSR count). The largest absolute Gasteiger partial charge is 0.468 e. The standard InChI is InChI=1S/C19H18O3/c1-14(20)13-17(15-9-5-3-6-10-15)18(19(21)22-2)16-11-7-4-8-12-16/h3-13,18H,1-2H3/b17-13+. The number of benzene rings is 2. The zero-order valence-corrected chi connectivity index (χ0v) is 12.7. The lowest BCUT2D eigenvalue weighted by Gasteiger charge is -2.19. The molecule has 0 radical (unpaired) electrons. The van der Waals surface area contributed by atoms with Crippen LogP contribution in [-0.4, -0.2) is 18.9 Å². The fourth-order valence-corrected chi connectivity index (χ4v) is 2.39. The van der Waals surface area contributed by atoms with Crippen LogP contribution in [-0.2, 0) is 14.3 Å². The number of hydrogen-bond acceptors (Lipinski definition) is 3. The summed E-state index contributed by atoms with van der Waals surface area (Å²) in [6.45, 7) is 1.47. The summed E-state index contributed by atoms with van der Waals surface area (Å²) >= 11 is 0. The zero-order chi connectivity index (χ0) is 15.9. The molecule has 3 nitrogen and oxygen atoms in total. The molecular formula is C19H18O3. The highest BCUT2D eigenvalue weighted by Crippen LogP contribution is 2.33. The average Bonchev–Trinajstić information content (AvgIpc) is 2.55. The lowest BCUT2D eigenvalue weighted by Crippen LogP contribution is -2.17. The predicted molar refractivity (Wildman–Crippen MR) is 86.3 cm³/mol. The minimum Gasteiger partial charge on any atom is -0.468 e. The van der Waals surface area contributed by atoms with Gasteiger partial charge in [0.25, 0.3) is 0 Å².